The van der Waals surface area contributed by atoms with E-state index < -0.39 is 0 Å². The number of aliphatic imine (C=N–C) groups is 1. The Kier molecular flexibility index (Phi) is 8.46. The van der Waals surface area contributed by atoms with Crippen molar-refractivity contribution in [3.63, 3.8) is 0 Å². The predicted molar refractivity (Wildman–Crippen MR) is 239 cm³/mol. The SMILES string of the molecule is C=C1C=C(n2c3ccccc3c3ccc(Nc4cccc5cc(Cc6ccccc6)c6ccccc6c45)cc32)N=C(c2ccccc2)CC=C1c1ccccc1. The summed E-state index contributed by atoms with van der Waals surface area (Å²) < 4.78 is 2.31. The lowest BCUT2D eigenvalue weighted by molar-refractivity contribution is 1.16. The molecule has 0 atom stereocenters. The second-order valence-electron chi connectivity index (χ2n) is 14.5. The molecule has 1 aliphatic rings. The summed E-state index contributed by atoms with van der Waals surface area (Å²) in [6.45, 7) is 4.61. The van der Waals surface area contributed by atoms with Gasteiger partial charge in [0.2, 0.25) is 0 Å². The van der Waals surface area contributed by atoms with E-state index in [0.717, 1.165) is 62.6 Å². The Labute approximate surface area is 326 Å². The molecular formula is C53H39N3. The number of anilines is 2. The van der Waals surface area contributed by atoms with Crippen molar-refractivity contribution >= 4 is 71.8 Å². The van der Waals surface area contributed by atoms with Gasteiger partial charge in [0.15, 0.2) is 0 Å². The van der Waals surface area contributed by atoms with E-state index in [0.29, 0.717) is 6.42 Å². The normalized spacial score (nSPS) is 13.4. The molecule has 9 aromatic rings. The van der Waals surface area contributed by atoms with Gasteiger partial charge in [-0.1, -0.05) is 170 Å². The Morgan fingerprint density at radius 2 is 1.23 bits per heavy atom. The van der Waals surface area contributed by atoms with Gasteiger partial charge in [-0.15, -0.1) is 0 Å². The third kappa shape index (κ3) is 6.10. The van der Waals surface area contributed by atoms with Crippen LogP contribution in [0.2, 0.25) is 0 Å². The summed E-state index contributed by atoms with van der Waals surface area (Å²) in [5.41, 5.74) is 12.2. The fourth-order valence-corrected chi connectivity index (χ4v) is 8.38. The minimum atomic E-state index is 0.677. The Morgan fingerprint density at radius 3 is 2.02 bits per heavy atom. The van der Waals surface area contributed by atoms with E-state index in [-0.39, 0.29) is 0 Å². The summed E-state index contributed by atoms with van der Waals surface area (Å²) >= 11 is 0. The third-order valence-corrected chi connectivity index (χ3v) is 11.0. The Morgan fingerprint density at radius 1 is 0.571 bits per heavy atom. The first kappa shape index (κ1) is 33.3. The van der Waals surface area contributed by atoms with E-state index in [9.17, 15) is 0 Å². The van der Waals surface area contributed by atoms with Gasteiger partial charge < -0.3 is 5.32 Å². The van der Waals surface area contributed by atoms with Crippen molar-refractivity contribution in [3.05, 3.63) is 229 Å². The maximum Gasteiger partial charge on any atom is 0.138 e. The van der Waals surface area contributed by atoms with Gasteiger partial charge in [-0.2, -0.15) is 0 Å². The number of para-hydroxylation sites is 1. The van der Waals surface area contributed by atoms with Crippen molar-refractivity contribution in [2.45, 2.75) is 12.8 Å². The fourth-order valence-electron chi connectivity index (χ4n) is 8.38. The molecule has 0 bridgehead atoms. The molecule has 0 aliphatic carbocycles. The minimum absolute atomic E-state index is 0.677. The van der Waals surface area contributed by atoms with E-state index >= 15 is 0 Å². The van der Waals surface area contributed by atoms with Gasteiger partial charge in [-0.3, -0.25) is 4.57 Å². The van der Waals surface area contributed by atoms with Crippen molar-refractivity contribution in [3.8, 4) is 0 Å². The summed E-state index contributed by atoms with van der Waals surface area (Å²) in [4.78, 5) is 5.47. The van der Waals surface area contributed by atoms with Crippen LogP contribution in [0.5, 0.6) is 0 Å². The number of hydrogen-bond acceptors (Lipinski definition) is 2. The molecular weight excluding hydrogens is 679 g/mol. The largest absolute Gasteiger partial charge is 0.355 e. The number of rotatable bonds is 7. The molecule has 56 heavy (non-hydrogen) atoms. The molecule has 0 saturated heterocycles. The third-order valence-electron chi connectivity index (χ3n) is 11.0. The lowest BCUT2D eigenvalue weighted by Crippen LogP contribution is -2.06. The zero-order valence-electron chi connectivity index (χ0n) is 31.0. The highest BCUT2D eigenvalue weighted by atomic mass is 15.1. The van der Waals surface area contributed by atoms with Gasteiger partial charge in [0.05, 0.1) is 16.7 Å². The number of nitrogens with zero attached hydrogens (tertiary/aromatic N) is 2. The molecule has 0 fully saturated rings. The van der Waals surface area contributed by atoms with Gasteiger partial charge in [-0.25, -0.2) is 4.99 Å². The van der Waals surface area contributed by atoms with Crippen LogP contribution in [0.3, 0.4) is 0 Å². The van der Waals surface area contributed by atoms with Gasteiger partial charge in [0.1, 0.15) is 5.82 Å². The summed E-state index contributed by atoms with van der Waals surface area (Å²) in [7, 11) is 0. The molecule has 1 aromatic heterocycles. The van der Waals surface area contributed by atoms with Gasteiger partial charge >= 0.3 is 0 Å². The van der Waals surface area contributed by atoms with Gasteiger partial charge in [0.25, 0.3) is 0 Å². The molecule has 1 N–H and O–H groups in total. The highest BCUT2D eigenvalue weighted by molar-refractivity contribution is 6.16. The van der Waals surface area contributed by atoms with Crippen molar-refractivity contribution in [2.75, 3.05) is 5.32 Å². The Hall–Kier alpha value is -7.23. The van der Waals surface area contributed by atoms with E-state index in [4.69, 9.17) is 4.99 Å². The molecule has 1 aliphatic heterocycles. The van der Waals surface area contributed by atoms with Crippen LogP contribution in [0.25, 0.3) is 54.7 Å². The van der Waals surface area contributed by atoms with Crippen LogP contribution >= 0.6 is 0 Å². The molecule has 8 aromatic carbocycles. The van der Waals surface area contributed by atoms with Crippen LogP contribution in [-0.2, 0) is 6.42 Å². The van der Waals surface area contributed by atoms with E-state index in [1.165, 1.54) is 43.4 Å². The standard InChI is InChI=1S/C53H39N3/c1-36-32-52(55-48(39-20-9-4-10-21-39)31-30-43(36)38-18-7-3-8-19-38)56-50-27-14-13-24-45(50)46-29-28-42(35-51(46)56)54-49-26-15-22-40-34-41(33-37-16-5-2-6-17-37)44-23-11-12-25-47(44)53(40)49/h2-30,32,34-35,54H,1,31,33H2. The zero-order chi connectivity index (χ0) is 37.4. The van der Waals surface area contributed by atoms with E-state index in [1.54, 1.807) is 0 Å². The average Bonchev–Trinajstić information content (AvgIpc) is 3.57. The summed E-state index contributed by atoms with van der Waals surface area (Å²) in [5.74, 6) is 0.834. The molecule has 0 radical (unpaired) electrons. The van der Waals surface area contributed by atoms with Crippen LogP contribution in [0, 0.1) is 0 Å². The molecule has 2 heterocycles. The Balaban J connectivity index is 1.13. The van der Waals surface area contributed by atoms with Crippen molar-refractivity contribution in [1.29, 1.82) is 0 Å². The highest BCUT2D eigenvalue weighted by Crippen LogP contribution is 2.39. The van der Waals surface area contributed by atoms with Crippen LogP contribution in [0.1, 0.15) is 28.7 Å². The lowest BCUT2D eigenvalue weighted by Gasteiger charge is -2.18. The molecule has 0 amide bonds. The number of fused-ring (bicyclic) bond motifs is 6. The minimum Gasteiger partial charge on any atom is -0.355 e. The van der Waals surface area contributed by atoms with Crippen LogP contribution in [-0.4, -0.2) is 10.3 Å². The number of allylic oxidation sites excluding steroid dienone is 4. The molecule has 0 saturated carbocycles. The maximum atomic E-state index is 5.47. The van der Waals surface area contributed by atoms with Crippen LogP contribution in [0.4, 0.5) is 11.4 Å². The molecule has 3 nitrogen and oxygen atoms in total. The van der Waals surface area contributed by atoms with Crippen molar-refractivity contribution in [1.82, 2.24) is 4.57 Å². The number of nitrogens with one attached hydrogen (secondary N) is 1. The zero-order valence-corrected chi connectivity index (χ0v) is 31.0. The average molecular weight is 718 g/mol. The summed E-state index contributed by atoms with van der Waals surface area (Å²) in [6, 6.07) is 64.9. The van der Waals surface area contributed by atoms with E-state index in [1.807, 2.05) is 0 Å². The molecule has 10 rings (SSSR count). The first-order chi connectivity index (χ1) is 27.7. The predicted octanol–water partition coefficient (Wildman–Crippen LogP) is 13.8. The summed E-state index contributed by atoms with van der Waals surface area (Å²) in [5, 5.41) is 11.2. The van der Waals surface area contributed by atoms with Gasteiger partial charge in [-0.05, 0) is 86.3 Å². The molecule has 266 valence electrons. The second-order valence-corrected chi connectivity index (χ2v) is 14.5. The quantitative estimate of drug-likeness (QED) is 0.163. The molecule has 3 heteroatoms. The van der Waals surface area contributed by atoms with E-state index in [2.05, 4.69) is 211 Å². The highest BCUT2D eigenvalue weighted by Gasteiger charge is 2.19. The number of aromatic nitrogens is 1. The first-order valence-electron chi connectivity index (χ1n) is 19.3. The smallest absolute Gasteiger partial charge is 0.138 e. The van der Waals surface area contributed by atoms with Gasteiger partial charge in [0, 0.05) is 34.0 Å². The Bertz CT molecular complexity index is 3040. The van der Waals surface area contributed by atoms with Crippen LogP contribution in [0.15, 0.2) is 211 Å². The second kappa shape index (κ2) is 14.2. The molecule has 0 unspecified atom stereocenters. The first-order valence-corrected chi connectivity index (χ1v) is 19.3. The fraction of sp³-hybridized carbons (Fsp3) is 0.0377. The van der Waals surface area contributed by atoms with Crippen molar-refractivity contribution < 1.29 is 0 Å². The number of hydrogen-bond donors (Lipinski definition) is 1. The maximum absolute atomic E-state index is 5.47. The monoisotopic (exact) mass is 717 g/mol. The number of benzene rings is 8. The van der Waals surface area contributed by atoms with Crippen LogP contribution < -0.4 is 5.32 Å². The molecule has 0 spiro atoms. The summed E-state index contributed by atoms with van der Waals surface area (Å²) in [6.07, 6.45) is 5.98. The van der Waals surface area contributed by atoms with Crippen molar-refractivity contribution in [2.24, 2.45) is 4.99 Å². The lowest BCUT2D eigenvalue weighted by atomic mass is 9.93. The topological polar surface area (TPSA) is 29.3 Å².